The van der Waals surface area contributed by atoms with Crippen LogP contribution in [0.15, 0.2) is 18.6 Å². The number of amides is 1. The lowest BCUT2D eigenvalue weighted by atomic mass is 9.91. The number of carbonyl (C=O) groups excluding carboxylic acids is 1. The summed E-state index contributed by atoms with van der Waals surface area (Å²) in [6, 6.07) is 0. The van der Waals surface area contributed by atoms with E-state index >= 15 is 0 Å². The van der Waals surface area contributed by atoms with Crippen molar-refractivity contribution >= 4 is 11.9 Å². The van der Waals surface area contributed by atoms with Crippen molar-refractivity contribution in [2.75, 3.05) is 13.1 Å². The van der Waals surface area contributed by atoms with Crippen molar-refractivity contribution < 1.29 is 14.7 Å². The predicted molar refractivity (Wildman–Crippen MR) is 87.7 cm³/mol. The first-order valence-electron chi connectivity index (χ1n) is 8.43. The van der Waals surface area contributed by atoms with Gasteiger partial charge in [0.15, 0.2) is 0 Å². The highest BCUT2D eigenvalue weighted by molar-refractivity contribution is 5.77. The zero-order chi connectivity index (χ0) is 17.8. The van der Waals surface area contributed by atoms with E-state index in [0.717, 1.165) is 12.2 Å². The summed E-state index contributed by atoms with van der Waals surface area (Å²) in [5.74, 6) is -0.126. The van der Waals surface area contributed by atoms with Gasteiger partial charge in [0.25, 0.3) is 0 Å². The zero-order valence-electron chi connectivity index (χ0n) is 14.1. The number of aromatic amines is 1. The fourth-order valence-electron chi connectivity index (χ4n) is 3.46. The number of hydrogen-bond donors (Lipinski definition) is 2. The maximum Gasteiger partial charge on any atom is 0.303 e. The van der Waals surface area contributed by atoms with Crippen molar-refractivity contribution in [3.63, 3.8) is 0 Å². The molecule has 0 aliphatic carbocycles. The minimum absolute atomic E-state index is 0.0167. The third-order valence-electron chi connectivity index (χ3n) is 4.73. The number of aromatic nitrogens is 5. The van der Waals surface area contributed by atoms with Crippen LogP contribution >= 0.6 is 0 Å². The van der Waals surface area contributed by atoms with E-state index in [4.69, 9.17) is 5.11 Å². The van der Waals surface area contributed by atoms with Crippen molar-refractivity contribution in [1.82, 2.24) is 29.9 Å². The number of H-pyrrole nitrogens is 1. The molecule has 0 saturated carbocycles. The Balaban J connectivity index is 1.63. The van der Waals surface area contributed by atoms with Crippen LogP contribution < -0.4 is 0 Å². The largest absolute Gasteiger partial charge is 0.481 e. The summed E-state index contributed by atoms with van der Waals surface area (Å²) in [6.45, 7) is 3.53. The zero-order valence-corrected chi connectivity index (χ0v) is 14.1. The lowest BCUT2D eigenvalue weighted by Gasteiger charge is -2.16. The lowest BCUT2D eigenvalue weighted by Crippen LogP contribution is -2.30. The molecule has 3 rings (SSSR count). The van der Waals surface area contributed by atoms with Crippen LogP contribution in [-0.2, 0) is 22.6 Å². The average Bonchev–Trinajstić information content (AvgIpc) is 3.31. The maximum absolute atomic E-state index is 12.6. The van der Waals surface area contributed by atoms with E-state index in [0.29, 0.717) is 31.7 Å². The average molecular weight is 346 g/mol. The quantitative estimate of drug-likeness (QED) is 0.761. The van der Waals surface area contributed by atoms with Crippen LogP contribution in [0.5, 0.6) is 0 Å². The van der Waals surface area contributed by atoms with Gasteiger partial charge in [0.1, 0.15) is 5.82 Å². The summed E-state index contributed by atoms with van der Waals surface area (Å²) in [6.07, 6.45) is 6.42. The van der Waals surface area contributed by atoms with Crippen LogP contribution in [0.2, 0.25) is 0 Å². The van der Waals surface area contributed by atoms with Crippen molar-refractivity contribution in [2.45, 2.75) is 38.6 Å². The Morgan fingerprint density at radius 1 is 1.40 bits per heavy atom. The fraction of sp³-hybridized carbons (Fsp3) is 0.562. The highest BCUT2D eigenvalue weighted by Gasteiger charge is 2.38. The van der Waals surface area contributed by atoms with Crippen LogP contribution in [0.25, 0.3) is 0 Å². The van der Waals surface area contributed by atoms with Crippen molar-refractivity contribution in [1.29, 1.82) is 0 Å². The van der Waals surface area contributed by atoms with E-state index < -0.39 is 5.97 Å². The topological polar surface area (TPSA) is 117 Å². The number of likely N-dealkylation sites (tertiary alicyclic amines) is 1. The number of carboxylic acids is 1. The number of hydrogen-bond acceptors (Lipinski definition) is 5. The standard InChI is InChI=1S/C16H22N6O3/c1-2-14-17-4-6-21(14)5-3-15(23)22-9-11(7-16(24)25)12(10-22)13-8-18-20-19-13/h4,6,8,11-12H,2-3,5,7,9-10H2,1H3,(H,24,25)(H,18,19,20)/t11-,12+/m0/s1. The van der Waals surface area contributed by atoms with E-state index in [1.807, 2.05) is 17.7 Å². The number of imidazole rings is 1. The van der Waals surface area contributed by atoms with Gasteiger partial charge < -0.3 is 14.6 Å². The normalized spacial score (nSPS) is 20.1. The summed E-state index contributed by atoms with van der Waals surface area (Å²) in [5, 5.41) is 19.6. The SMILES string of the molecule is CCc1nccn1CCC(=O)N1C[C@H](CC(=O)O)[C@H](c2cn[nH]n2)C1. The van der Waals surface area contributed by atoms with Gasteiger partial charge in [-0.05, 0) is 5.92 Å². The first-order chi connectivity index (χ1) is 12.1. The monoisotopic (exact) mass is 346 g/mol. The molecule has 134 valence electrons. The molecule has 0 radical (unpaired) electrons. The minimum Gasteiger partial charge on any atom is -0.481 e. The molecule has 3 heterocycles. The maximum atomic E-state index is 12.6. The fourth-order valence-corrected chi connectivity index (χ4v) is 3.46. The van der Waals surface area contributed by atoms with E-state index in [-0.39, 0.29) is 24.2 Å². The van der Waals surface area contributed by atoms with Crippen LogP contribution in [0, 0.1) is 5.92 Å². The number of nitrogens with one attached hydrogen (secondary N) is 1. The van der Waals surface area contributed by atoms with E-state index in [1.54, 1.807) is 17.3 Å². The Morgan fingerprint density at radius 2 is 2.24 bits per heavy atom. The summed E-state index contributed by atoms with van der Waals surface area (Å²) < 4.78 is 1.98. The first-order valence-corrected chi connectivity index (χ1v) is 8.43. The summed E-state index contributed by atoms with van der Waals surface area (Å²) in [5.41, 5.74) is 0.712. The number of rotatable bonds is 7. The second-order valence-corrected chi connectivity index (χ2v) is 6.30. The molecule has 9 heteroatoms. The van der Waals surface area contributed by atoms with Gasteiger partial charge in [-0.25, -0.2) is 4.98 Å². The number of nitrogens with zero attached hydrogens (tertiary/aromatic N) is 5. The first kappa shape index (κ1) is 17.1. The highest BCUT2D eigenvalue weighted by atomic mass is 16.4. The predicted octanol–water partition coefficient (Wildman–Crippen LogP) is 0.671. The Kier molecular flexibility index (Phi) is 5.11. The molecule has 2 aromatic rings. The molecular formula is C16H22N6O3. The third-order valence-corrected chi connectivity index (χ3v) is 4.73. The Morgan fingerprint density at radius 3 is 2.92 bits per heavy atom. The van der Waals surface area contributed by atoms with Gasteiger partial charge in [-0.3, -0.25) is 9.59 Å². The van der Waals surface area contributed by atoms with Crippen molar-refractivity contribution in [3.8, 4) is 0 Å². The van der Waals surface area contributed by atoms with Gasteiger partial charge in [0.05, 0.1) is 18.3 Å². The van der Waals surface area contributed by atoms with Crippen molar-refractivity contribution in [2.24, 2.45) is 5.92 Å². The highest BCUT2D eigenvalue weighted by Crippen LogP contribution is 2.33. The number of aliphatic carboxylic acids is 1. The van der Waals surface area contributed by atoms with Gasteiger partial charge in [0.2, 0.25) is 5.91 Å². The molecule has 0 spiro atoms. The molecule has 0 aromatic carbocycles. The molecule has 1 saturated heterocycles. The van der Waals surface area contributed by atoms with Crippen molar-refractivity contribution in [3.05, 3.63) is 30.1 Å². The molecule has 0 bridgehead atoms. The number of aryl methyl sites for hydroxylation is 2. The van der Waals surface area contributed by atoms with Gasteiger partial charge in [0, 0.05) is 50.8 Å². The molecule has 9 nitrogen and oxygen atoms in total. The Labute approximate surface area is 145 Å². The van der Waals surface area contributed by atoms with Gasteiger partial charge in [-0.15, -0.1) is 0 Å². The third kappa shape index (κ3) is 3.86. The molecule has 1 amide bonds. The lowest BCUT2D eigenvalue weighted by molar-refractivity contribution is -0.138. The molecule has 1 aliphatic rings. The smallest absolute Gasteiger partial charge is 0.303 e. The van der Waals surface area contributed by atoms with Crippen LogP contribution in [0.4, 0.5) is 0 Å². The minimum atomic E-state index is -0.862. The molecule has 0 unspecified atom stereocenters. The summed E-state index contributed by atoms with van der Waals surface area (Å²) in [4.78, 5) is 29.7. The Bertz CT molecular complexity index is 726. The summed E-state index contributed by atoms with van der Waals surface area (Å²) in [7, 11) is 0. The van der Waals surface area contributed by atoms with Crippen LogP contribution in [0.1, 0.15) is 37.2 Å². The second-order valence-electron chi connectivity index (χ2n) is 6.30. The second kappa shape index (κ2) is 7.45. The van der Waals surface area contributed by atoms with Gasteiger partial charge in [-0.1, -0.05) is 6.92 Å². The van der Waals surface area contributed by atoms with E-state index in [2.05, 4.69) is 20.4 Å². The molecule has 1 aliphatic heterocycles. The van der Waals surface area contributed by atoms with E-state index in [1.165, 1.54) is 0 Å². The van der Waals surface area contributed by atoms with Gasteiger partial charge in [-0.2, -0.15) is 15.4 Å². The molecule has 1 fully saturated rings. The summed E-state index contributed by atoms with van der Waals surface area (Å²) >= 11 is 0. The molecular weight excluding hydrogens is 324 g/mol. The van der Waals surface area contributed by atoms with Crippen LogP contribution in [0.3, 0.4) is 0 Å². The molecule has 2 aromatic heterocycles. The Hall–Kier alpha value is -2.71. The molecule has 2 N–H and O–H groups in total. The van der Waals surface area contributed by atoms with Gasteiger partial charge >= 0.3 is 5.97 Å². The molecule has 25 heavy (non-hydrogen) atoms. The number of carbonyl (C=O) groups is 2. The number of carboxylic acid groups (broad SMARTS) is 1. The van der Waals surface area contributed by atoms with Crippen LogP contribution in [-0.4, -0.2) is 59.9 Å². The van der Waals surface area contributed by atoms with E-state index in [9.17, 15) is 9.59 Å². The molecule has 2 atom stereocenters.